The van der Waals surface area contributed by atoms with Crippen molar-refractivity contribution >= 4 is 34.5 Å². The van der Waals surface area contributed by atoms with Crippen LogP contribution in [0, 0.1) is 0 Å². The summed E-state index contributed by atoms with van der Waals surface area (Å²) < 4.78 is 43.8. The van der Waals surface area contributed by atoms with Gasteiger partial charge in [-0.25, -0.2) is 4.98 Å². The molecule has 3 aromatic carbocycles. The van der Waals surface area contributed by atoms with Gasteiger partial charge in [-0.3, -0.25) is 19.4 Å². The molecule has 2 aliphatic rings. The van der Waals surface area contributed by atoms with Crippen LogP contribution in [0.2, 0.25) is 5.02 Å². The predicted molar refractivity (Wildman–Crippen MR) is 183 cm³/mol. The minimum atomic E-state index is -4.54. The summed E-state index contributed by atoms with van der Waals surface area (Å²) in [6.45, 7) is 7.46. The van der Waals surface area contributed by atoms with E-state index in [-0.39, 0.29) is 17.8 Å². The molecule has 2 saturated heterocycles. The molecule has 48 heavy (non-hydrogen) atoms. The number of para-hydroxylation sites is 1. The van der Waals surface area contributed by atoms with E-state index in [9.17, 15) is 22.8 Å². The van der Waals surface area contributed by atoms with Crippen LogP contribution in [0.5, 0.6) is 11.5 Å². The summed E-state index contributed by atoms with van der Waals surface area (Å²) in [5.41, 5.74) is -0.962. The fourth-order valence-corrected chi connectivity index (χ4v) is 6.91. The highest BCUT2D eigenvalue weighted by atomic mass is 35.5. The van der Waals surface area contributed by atoms with Gasteiger partial charge >= 0.3 is 6.18 Å². The van der Waals surface area contributed by atoms with Gasteiger partial charge in [-0.15, -0.1) is 0 Å². The summed E-state index contributed by atoms with van der Waals surface area (Å²) in [7, 11) is 0. The third-order valence-electron chi connectivity index (χ3n) is 9.11. The van der Waals surface area contributed by atoms with Crippen molar-refractivity contribution in [3.63, 3.8) is 0 Å². The number of anilines is 4. The lowest BCUT2D eigenvalue weighted by molar-refractivity contribution is -0.115. The van der Waals surface area contributed by atoms with E-state index in [1.807, 2.05) is 47.8 Å². The number of hydrogen-bond acceptors (Lipinski definition) is 9. The third kappa shape index (κ3) is 7.77. The van der Waals surface area contributed by atoms with Crippen molar-refractivity contribution in [2.24, 2.45) is 0 Å². The number of halogens is 4. The maximum absolute atomic E-state index is 12.6. The molecule has 13 heteroatoms. The minimum absolute atomic E-state index is 0.131. The van der Waals surface area contributed by atoms with Gasteiger partial charge in [-0.05, 0) is 75.7 Å². The largest absolute Gasteiger partial charge is 0.457 e. The van der Waals surface area contributed by atoms with Gasteiger partial charge < -0.3 is 20.3 Å². The van der Waals surface area contributed by atoms with Crippen molar-refractivity contribution in [2.75, 3.05) is 48.3 Å². The van der Waals surface area contributed by atoms with Crippen molar-refractivity contribution in [3.8, 4) is 11.5 Å². The van der Waals surface area contributed by atoms with Gasteiger partial charge in [0.05, 0.1) is 16.9 Å². The third-order valence-corrected chi connectivity index (χ3v) is 9.39. The monoisotopic (exact) mass is 682 g/mol. The van der Waals surface area contributed by atoms with Crippen LogP contribution >= 0.6 is 11.6 Å². The first kappa shape index (κ1) is 33.8. The molecule has 2 aliphatic heterocycles. The molecule has 0 unspecified atom stereocenters. The van der Waals surface area contributed by atoms with Gasteiger partial charge in [0.15, 0.2) is 0 Å². The normalized spacial score (nSPS) is 19.8. The number of nitrogens with one attached hydrogen (secondary N) is 2. The average molecular weight is 683 g/mol. The Morgan fingerprint density at radius 3 is 2.25 bits per heavy atom. The molecular weight excluding hydrogens is 645 g/mol. The Labute approximate surface area is 282 Å². The van der Waals surface area contributed by atoms with E-state index in [0.717, 1.165) is 57.1 Å². The molecule has 3 heterocycles. The second kappa shape index (κ2) is 14.2. The first-order chi connectivity index (χ1) is 22.9. The van der Waals surface area contributed by atoms with Crippen LogP contribution in [0.3, 0.4) is 0 Å². The van der Waals surface area contributed by atoms with Crippen molar-refractivity contribution in [2.45, 2.75) is 57.5 Å². The van der Waals surface area contributed by atoms with Crippen LogP contribution in [0.1, 0.15) is 32.3 Å². The number of rotatable bonds is 10. The zero-order chi connectivity index (χ0) is 34.0. The first-order valence-corrected chi connectivity index (χ1v) is 16.5. The number of likely N-dealkylation sites (tertiary alicyclic amines) is 1. The summed E-state index contributed by atoms with van der Waals surface area (Å²) in [4.78, 5) is 35.7. The highest BCUT2D eigenvalue weighted by Crippen LogP contribution is 2.33. The molecule has 2 fully saturated rings. The van der Waals surface area contributed by atoms with Crippen LogP contribution in [0.4, 0.5) is 36.1 Å². The molecule has 0 radical (unpaired) electrons. The van der Waals surface area contributed by atoms with Gasteiger partial charge in [-0.1, -0.05) is 41.9 Å². The zero-order valence-electron chi connectivity index (χ0n) is 26.8. The Balaban J connectivity index is 1.01. The number of aromatic nitrogens is 1. The number of nitrogens with zero attached hydrogens (tertiary/aromatic N) is 4. The number of pyridine rings is 1. The molecule has 9 nitrogen and oxygen atoms in total. The molecule has 6 rings (SSSR count). The van der Waals surface area contributed by atoms with E-state index in [4.69, 9.17) is 16.3 Å². The van der Waals surface area contributed by atoms with E-state index in [2.05, 4.69) is 51.0 Å². The van der Waals surface area contributed by atoms with Crippen LogP contribution < -0.4 is 31.1 Å². The van der Waals surface area contributed by atoms with E-state index in [1.165, 1.54) is 11.8 Å². The predicted octanol–water partition coefficient (Wildman–Crippen LogP) is 6.40. The molecule has 0 bridgehead atoms. The van der Waals surface area contributed by atoms with Crippen molar-refractivity contribution < 1.29 is 17.9 Å². The lowest BCUT2D eigenvalue weighted by Gasteiger charge is -2.49. The Kier molecular flexibility index (Phi) is 9.95. The topological polar surface area (TPSA) is 90.0 Å². The molecule has 1 aromatic heterocycles. The second-order valence-corrected chi connectivity index (χ2v) is 13.1. The lowest BCUT2D eigenvalue weighted by atomic mass is 9.97. The number of piperazine rings is 1. The number of alkyl halides is 3. The summed E-state index contributed by atoms with van der Waals surface area (Å²) >= 11 is 6.65. The van der Waals surface area contributed by atoms with E-state index in [0.29, 0.717) is 22.6 Å². The summed E-state index contributed by atoms with van der Waals surface area (Å²) in [6.07, 6.45) is -0.897. The lowest BCUT2D eigenvalue weighted by Crippen LogP contribution is -2.61. The van der Waals surface area contributed by atoms with Crippen molar-refractivity contribution in [1.82, 2.24) is 14.8 Å². The summed E-state index contributed by atoms with van der Waals surface area (Å²) in [5, 5.41) is 5.05. The second-order valence-electron chi connectivity index (χ2n) is 12.6. The molecule has 0 aliphatic carbocycles. The molecule has 2 N–H and O–H groups in total. The zero-order valence-corrected chi connectivity index (χ0v) is 27.5. The maximum Gasteiger partial charge on any atom is 0.405 e. The quantitative estimate of drug-likeness (QED) is 0.184. The molecule has 2 atom stereocenters. The number of benzene rings is 2. The van der Waals surface area contributed by atoms with Crippen LogP contribution in [0.25, 0.3) is 0 Å². The first-order valence-electron chi connectivity index (χ1n) is 16.1. The Morgan fingerprint density at radius 1 is 0.917 bits per heavy atom. The molecule has 0 saturated carbocycles. The minimum Gasteiger partial charge on any atom is -0.457 e. The van der Waals surface area contributed by atoms with Gasteiger partial charge in [-0.2, -0.15) is 13.2 Å². The molecule has 0 amide bonds. The summed E-state index contributed by atoms with van der Waals surface area (Å²) in [5.74, 6) is 2.24. The van der Waals surface area contributed by atoms with Crippen LogP contribution in [0.15, 0.2) is 76.4 Å². The molecule has 254 valence electrons. The van der Waals surface area contributed by atoms with E-state index >= 15 is 0 Å². The van der Waals surface area contributed by atoms with Gasteiger partial charge in [0, 0.05) is 37.8 Å². The maximum atomic E-state index is 12.6. The SMILES string of the molecule is C[C@@H]1CN(c2ncc(Nc3c(NCC(F)(F)F)c(=O)c3=O)cc2Cl)[C@@H](C)CN1C1CCN(Cc2ccc(Oc3ccccc3)cc2)CC1. The van der Waals surface area contributed by atoms with Crippen molar-refractivity contribution in [3.05, 3.63) is 97.9 Å². The fourth-order valence-electron chi connectivity index (χ4n) is 6.63. The smallest absolute Gasteiger partial charge is 0.405 e. The van der Waals surface area contributed by atoms with Gasteiger partial charge in [0.1, 0.15) is 35.2 Å². The Hall–Kier alpha value is -4.13. The van der Waals surface area contributed by atoms with Crippen LogP contribution in [-0.4, -0.2) is 71.8 Å². The highest BCUT2D eigenvalue weighted by Gasteiger charge is 2.36. The van der Waals surface area contributed by atoms with Gasteiger partial charge in [0.2, 0.25) is 0 Å². The standard InChI is InChI=1S/C35H38ClF3N6O3/c1-22-19-45(34-29(36)16-25(17-40-34)42-31-30(32(46)33(31)47)41-21-35(37,38)39)23(2)18-44(22)26-12-14-43(15-13-26)20-24-8-10-28(11-9-24)48-27-6-4-3-5-7-27/h3-11,16-17,22-23,26,41-42H,12-15,18-21H2,1-2H3/t22-,23+/m1/s1. The number of piperidine rings is 1. The number of ether oxygens (including phenoxy) is 1. The molecule has 4 aromatic rings. The van der Waals surface area contributed by atoms with E-state index < -0.39 is 29.3 Å². The average Bonchev–Trinajstić information content (AvgIpc) is 3.06. The van der Waals surface area contributed by atoms with Crippen LogP contribution in [-0.2, 0) is 6.54 Å². The van der Waals surface area contributed by atoms with Gasteiger partial charge in [0.25, 0.3) is 10.9 Å². The molecule has 0 spiro atoms. The van der Waals surface area contributed by atoms with E-state index in [1.54, 1.807) is 6.07 Å². The summed E-state index contributed by atoms with van der Waals surface area (Å²) in [6, 6.07) is 20.5. The molecular formula is C35H38ClF3N6O3. The highest BCUT2D eigenvalue weighted by molar-refractivity contribution is 6.33. The fraction of sp³-hybridized carbons (Fsp3) is 0.400. The number of hydrogen-bond donors (Lipinski definition) is 2. The Bertz CT molecular complexity index is 1770. The Morgan fingerprint density at radius 2 is 1.58 bits per heavy atom. The van der Waals surface area contributed by atoms with Crippen molar-refractivity contribution in [1.29, 1.82) is 0 Å².